The van der Waals surface area contributed by atoms with E-state index in [9.17, 15) is 32.3 Å². The molecule has 7 nitrogen and oxygen atoms in total. The van der Waals surface area contributed by atoms with E-state index in [-0.39, 0.29) is 54.9 Å². The number of hydrogen-bond acceptors (Lipinski definition) is 5. The lowest BCUT2D eigenvalue weighted by Crippen LogP contribution is -2.30. The summed E-state index contributed by atoms with van der Waals surface area (Å²) in [6, 6.07) is 2.42. The number of anilines is 1. The number of alkyl halides is 3. The van der Waals surface area contributed by atoms with Crippen LogP contribution in [-0.2, 0) is 20.5 Å². The van der Waals surface area contributed by atoms with E-state index in [1.165, 1.54) is 0 Å². The van der Waals surface area contributed by atoms with Crippen LogP contribution in [0.25, 0.3) is 0 Å². The summed E-state index contributed by atoms with van der Waals surface area (Å²) in [6.45, 7) is -0.712. The van der Waals surface area contributed by atoms with Crippen LogP contribution in [0.15, 0.2) is 18.2 Å². The lowest BCUT2D eigenvalue weighted by Gasteiger charge is -2.13. The molecule has 0 spiro atoms. The monoisotopic (exact) mass is 632 g/mol. The largest absolute Gasteiger partial charge is 0.456 e. The number of benzene rings is 2. The predicted molar refractivity (Wildman–Crippen MR) is 136 cm³/mol. The maximum atomic E-state index is 12.8. The first-order chi connectivity index (χ1) is 17.7. The van der Waals surface area contributed by atoms with Crippen molar-refractivity contribution in [2.75, 3.05) is 18.5 Å². The Balaban J connectivity index is 1.42. The number of imide groups is 1. The molecule has 1 N–H and O–H groups in total. The van der Waals surface area contributed by atoms with Gasteiger partial charge in [0.15, 0.2) is 6.61 Å². The topological polar surface area (TPSA) is 92.8 Å². The second kappa shape index (κ2) is 12.3. The number of carbonyl (C=O) groups excluding carboxylic acids is 4. The Kier molecular flexibility index (Phi) is 9.81. The number of esters is 1. The number of hydrogen-bond donors (Lipinski definition) is 1. The number of amides is 3. The third-order valence-corrected chi connectivity index (χ3v) is 7.51. The standard InChI is InChI=1S/C23H16Cl5F3N2O5/c24-11-6-5-10(23(29,30)31)8-12(11)32-13(34)9-38-14(35)4-2-1-3-7-33-21(36)15-16(22(33)37)18(26)20(28)19(27)17(15)25/h5-6,8H,1-4,7,9H2,(H,32,34). The Labute approximate surface area is 239 Å². The van der Waals surface area contributed by atoms with Crippen LogP contribution in [0.5, 0.6) is 0 Å². The van der Waals surface area contributed by atoms with Crippen LogP contribution in [0.3, 0.4) is 0 Å². The van der Waals surface area contributed by atoms with Crippen LogP contribution < -0.4 is 5.32 Å². The van der Waals surface area contributed by atoms with Crippen molar-refractivity contribution < 1.29 is 37.1 Å². The van der Waals surface area contributed by atoms with E-state index in [1.807, 2.05) is 0 Å². The minimum atomic E-state index is -4.63. The van der Waals surface area contributed by atoms with Gasteiger partial charge in [-0.05, 0) is 31.0 Å². The second-order valence-corrected chi connectivity index (χ2v) is 9.90. The van der Waals surface area contributed by atoms with Gasteiger partial charge in [0.05, 0.1) is 47.5 Å². The molecule has 2 aromatic carbocycles. The lowest BCUT2D eigenvalue weighted by atomic mass is 10.1. The van der Waals surface area contributed by atoms with E-state index in [2.05, 4.69) is 5.32 Å². The maximum absolute atomic E-state index is 12.8. The van der Waals surface area contributed by atoms with Crippen molar-refractivity contribution in [3.8, 4) is 0 Å². The van der Waals surface area contributed by atoms with Crippen molar-refractivity contribution in [2.45, 2.75) is 31.9 Å². The molecule has 0 aliphatic carbocycles. The molecule has 0 radical (unpaired) electrons. The molecule has 1 aliphatic rings. The molecule has 3 amide bonds. The van der Waals surface area contributed by atoms with Crippen molar-refractivity contribution in [3.05, 3.63) is 60.0 Å². The summed E-state index contributed by atoms with van der Waals surface area (Å²) >= 11 is 29.9. The van der Waals surface area contributed by atoms with Crippen molar-refractivity contribution in [1.82, 2.24) is 4.90 Å². The van der Waals surface area contributed by atoms with Gasteiger partial charge in [0, 0.05) is 13.0 Å². The van der Waals surface area contributed by atoms with Gasteiger partial charge >= 0.3 is 12.1 Å². The molecule has 0 unspecified atom stereocenters. The fourth-order valence-electron chi connectivity index (χ4n) is 3.52. The zero-order chi connectivity index (χ0) is 28.4. The van der Waals surface area contributed by atoms with Crippen molar-refractivity contribution in [2.24, 2.45) is 0 Å². The van der Waals surface area contributed by atoms with E-state index in [0.29, 0.717) is 25.3 Å². The van der Waals surface area contributed by atoms with E-state index in [0.717, 1.165) is 17.0 Å². The number of rotatable bonds is 9. The number of unbranched alkanes of at least 4 members (excludes halogenated alkanes) is 2. The molecule has 0 fully saturated rings. The predicted octanol–water partition coefficient (Wildman–Crippen LogP) is 7.31. The van der Waals surface area contributed by atoms with E-state index >= 15 is 0 Å². The second-order valence-electron chi connectivity index (χ2n) is 7.98. The van der Waals surface area contributed by atoms with E-state index < -0.39 is 42.0 Å². The summed E-state index contributed by atoms with van der Waals surface area (Å²) in [6.07, 6.45) is -3.65. The summed E-state index contributed by atoms with van der Waals surface area (Å²) in [5.41, 5.74) is -1.52. The first-order valence-electron chi connectivity index (χ1n) is 10.8. The SMILES string of the molecule is O=C(COC(=O)CCCCCN1C(=O)c2c(Cl)c(Cl)c(Cl)c(Cl)c2C1=O)Nc1cc(C(F)(F)F)ccc1Cl. The van der Waals surface area contributed by atoms with Crippen LogP contribution in [0, 0.1) is 0 Å². The molecular formula is C23H16Cl5F3N2O5. The van der Waals surface area contributed by atoms with Gasteiger partial charge in [-0.15, -0.1) is 0 Å². The number of nitrogens with one attached hydrogen (secondary N) is 1. The third-order valence-electron chi connectivity index (χ3n) is 5.38. The Hall–Kier alpha value is -2.24. The van der Waals surface area contributed by atoms with Crippen LogP contribution >= 0.6 is 58.0 Å². The highest BCUT2D eigenvalue weighted by Gasteiger charge is 2.41. The molecule has 0 atom stereocenters. The minimum absolute atomic E-state index is 0.0173. The molecule has 204 valence electrons. The highest BCUT2D eigenvalue weighted by Crippen LogP contribution is 2.44. The first kappa shape index (κ1) is 30.3. The van der Waals surface area contributed by atoms with Crippen molar-refractivity contribution >= 4 is 87.4 Å². The van der Waals surface area contributed by atoms with Gasteiger partial charge in [-0.3, -0.25) is 24.1 Å². The van der Waals surface area contributed by atoms with E-state index in [1.54, 1.807) is 0 Å². The van der Waals surface area contributed by atoms with Crippen LogP contribution in [-0.4, -0.2) is 41.7 Å². The number of ether oxygens (including phenoxy) is 1. The van der Waals surface area contributed by atoms with Gasteiger partial charge in [0.1, 0.15) is 0 Å². The summed E-state index contributed by atoms with van der Waals surface area (Å²) in [7, 11) is 0. The van der Waals surface area contributed by atoms with Gasteiger partial charge in [-0.25, -0.2) is 0 Å². The lowest BCUT2D eigenvalue weighted by molar-refractivity contribution is -0.147. The average molecular weight is 635 g/mol. The van der Waals surface area contributed by atoms with Gasteiger partial charge in [0.2, 0.25) is 0 Å². The Morgan fingerprint density at radius 2 is 1.45 bits per heavy atom. The number of nitrogens with zero attached hydrogens (tertiary/aromatic N) is 1. The molecular weight excluding hydrogens is 619 g/mol. The van der Waals surface area contributed by atoms with Crippen molar-refractivity contribution in [3.63, 3.8) is 0 Å². The smallest absolute Gasteiger partial charge is 0.416 e. The number of carbonyl (C=O) groups is 4. The summed E-state index contributed by atoms with van der Waals surface area (Å²) in [5.74, 6) is -2.93. The summed E-state index contributed by atoms with van der Waals surface area (Å²) in [4.78, 5) is 50.2. The minimum Gasteiger partial charge on any atom is -0.456 e. The fourth-order valence-corrected chi connectivity index (χ4v) is 4.70. The van der Waals surface area contributed by atoms with Gasteiger partial charge < -0.3 is 10.1 Å². The van der Waals surface area contributed by atoms with Gasteiger partial charge in [0.25, 0.3) is 17.7 Å². The molecule has 0 bridgehead atoms. The third kappa shape index (κ3) is 6.66. The zero-order valence-corrected chi connectivity index (χ0v) is 22.8. The quantitative estimate of drug-likeness (QED) is 0.103. The first-order valence-corrected chi connectivity index (χ1v) is 12.7. The molecule has 0 aromatic heterocycles. The van der Waals surface area contributed by atoms with Gasteiger partial charge in [-0.1, -0.05) is 64.4 Å². The Morgan fingerprint density at radius 1 is 0.868 bits per heavy atom. The van der Waals surface area contributed by atoms with Crippen LogP contribution in [0.2, 0.25) is 25.1 Å². The summed E-state index contributed by atoms with van der Waals surface area (Å²) in [5, 5.41) is 1.44. The molecule has 0 saturated carbocycles. The molecule has 2 aromatic rings. The molecule has 3 rings (SSSR count). The number of fused-ring (bicyclic) bond motifs is 1. The van der Waals surface area contributed by atoms with Crippen molar-refractivity contribution in [1.29, 1.82) is 0 Å². The zero-order valence-electron chi connectivity index (χ0n) is 19.0. The average Bonchev–Trinajstić information content (AvgIpc) is 3.10. The molecule has 1 aliphatic heterocycles. The Bertz CT molecular complexity index is 1270. The fraction of sp³-hybridized carbons (Fsp3) is 0.304. The number of halogens is 8. The van der Waals surface area contributed by atoms with Gasteiger partial charge in [-0.2, -0.15) is 13.2 Å². The van der Waals surface area contributed by atoms with Crippen LogP contribution in [0.1, 0.15) is 52.0 Å². The molecule has 38 heavy (non-hydrogen) atoms. The maximum Gasteiger partial charge on any atom is 0.416 e. The molecule has 0 saturated heterocycles. The highest BCUT2D eigenvalue weighted by atomic mass is 35.5. The molecule has 1 heterocycles. The summed E-state index contributed by atoms with van der Waals surface area (Å²) < 4.78 is 43.3. The van der Waals surface area contributed by atoms with E-state index in [4.69, 9.17) is 62.7 Å². The molecule has 15 heteroatoms. The normalized spacial score (nSPS) is 13.1. The highest BCUT2D eigenvalue weighted by molar-refractivity contribution is 6.55. The van der Waals surface area contributed by atoms with Crippen LogP contribution in [0.4, 0.5) is 18.9 Å². The Morgan fingerprint density at radius 3 is 2.00 bits per heavy atom.